The van der Waals surface area contributed by atoms with Gasteiger partial charge in [-0.05, 0) is 217 Å². The highest BCUT2D eigenvalue weighted by molar-refractivity contribution is 7.88. The van der Waals surface area contributed by atoms with E-state index < -0.39 is 21.4 Å². The second-order valence-electron chi connectivity index (χ2n) is 34.3. The number of hydrogen-bond acceptors (Lipinski definition) is 15. The minimum atomic E-state index is -6.05. The summed E-state index contributed by atoms with van der Waals surface area (Å²) in [5.74, 6) is -0.597. The van der Waals surface area contributed by atoms with Gasteiger partial charge in [0, 0.05) is 165 Å². The molecule has 0 unspecified atom stereocenters. The van der Waals surface area contributed by atoms with E-state index in [0.717, 1.165) is 145 Å². The molecule has 20 aromatic carbocycles. The molecule has 0 fully saturated rings. The Morgan fingerprint density at radius 2 is 0.620 bits per heavy atom. The molecular formula is C123H81F3N8O5S3. The van der Waals surface area contributed by atoms with Crippen LogP contribution in [0, 0.1) is 0 Å². The van der Waals surface area contributed by atoms with Gasteiger partial charge in [-0.1, -0.05) is 255 Å². The highest BCUT2D eigenvalue weighted by Crippen LogP contribution is 2.55. The lowest BCUT2D eigenvalue weighted by molar-refractivity contribution is -0.0499. The lowest BCUT2D eigenvalue weighted by atomic mass is 10.0. The number of hydrogen-bond donors (Lipinski definition) is 1. The van der Waals surface area contributed by atoms with E-state index in [1.807, 2.05) is 209 Å². The summed E-state index contributed by atoms with van der Waals surface area (Å²) in [5, 5.41) is 17.9. The van der Waals surface area contributed by atoms with Crippen LogP contribution in [-0.4, -0.2) is 23.9 Å². The van der Waals surface area contributed by atoms with Crippen LogP contribution in [0.2, 0.25) is 0 Å². The van der Waals surface area contributed by atoms with E-state index >= 15 is 0 Å². The third-order valence-corrected chi connectivity index (χ3v) is 28.9. The first-order valence-corrected chi connectivity index (χ1v) is 49.4. The molecule has 1 N–H and O–H groups in total. The van der Waals surface area contributed by atoms with Gasteiger partial charge in [0.2, 0.25) is 0 Å². The molecule has 0 aliphatic rings. The zero-order chi connectivity index (χ0) is 95.4. The second-order valence-corrected chi connectivity index (χ2v) is 38.0. The Morgan fingerprint density at radius 3 is 1.11 bits per heavy atom. The molecule has 6 heterocycles. The Bertz CT molecular complexity index is 9380. The predicted octanol–water partition coefficient (Wildman–Crippen LogP) is 36.3. The van der Waals surface area contributed by atoms with Gasteiger partial charge in [0.1, 0.15) is 11.2 Å². The molecule has 13 nitrogen and oxygen atoms in total. The molecule has 26 rings (SSSR count). The van der Waals surface area contributed by atoms with Crippen molar-refractivity contribution in [2.24, 2.45) is 0 Å². The van der Waals surface area contributed by atoms with Crippen LogP contribution in [0.25, 0.3) is 128 Å². The number of thiophene rings is 2. The average molecular weight is 1900 g/mol. The van der Waals surface area contributed by atoms with Gasteiger partial charge in [0.05, 0.1) is 50.2 Å². The molecule has 0 saturated carbocycles. The third kappa shape index (κ3) is 16.4. The van der Waals surface area contributed by atoms with Gasteiger partial charge in [-0.2, -0.15) is 21.6 Å². The van der Waals surface area contributed by atoms with Gasteiger partial charge in [-0.25, -0.2) is 0 Å². The van der Waals surface area contributed by atoms with Gasteiger partial charge in [-0.3, -0.25) is 9.97 Å². The van der Waals surface area contributed by atoms with Crippen LogP contribution in [0.5, 0.6) is 5.75 Å². The Labute approximate surface area is 822 Å². The van der Waals surface area contributed by atoms with Gasteiger partial charge in [0.25, 0.3) is 0 Å². The maximum atomic E-state index is 13.7. The molecule has 0 radical (unpaired) electrons. The number of nitrogens with zero attached hydrogens (tertiary/aromatic N) is 7. The van der Waals surface area contributed by atoms with Crippen molar-refractivity contribution in [2.75, 3.05) is 29.8 Å². The molecule has 0 bridgehead atoms. The highest BCUT2D eigenvalue weighted by atomic mass is 32.2. The molecule has 142 heavy (non-hydrogen) atoms. The third-order valence-electron chi connectivity index (χ3n) is 25.7. The van der Waals surface area contributed by atoms with Crippen LogP contribution in [0.1, 0.15) is 0 Å². The largest absolute Gasteiger partial charge is 0.534 e. The Balaban J connectivity index is 0.000000130. The lowest BCUT2D eigenvalue weighted by Gasteiger charge is -2.30. The monoisotopic (exact) mass is 1900 g/mol. The molecule has 0 aliphatic carbocycles. The van der Waals surface area contributed by atoms with Crippen LogP contribution in [0.15, 0.2) is 494 Å². The van der Waals surface area contributed by atoms with Crippen molar-refractivity contribution < 1.29 is 34.6 Å². The zero-order valence-electron chi connectivity index (χ0n) is 75.7. The average Bonchev–Trinajstić information content (AvgIpc) is 1.57. The number of para-hydroxylation sites is 6. The minimum Gasteiger partial charge on any atom is -0.454 e. The summed E-state index contributed by atoms with van der Waals surface area (Å²) in [5.41, 5.74) is 13.6. The number of pyridine rings is 2. The summed E-state index contributed by atoms with van der Waals surface area (Å²) in [6.45, 7) is 0. The van der Waals surface area contributed by atoms with Crippen molar-refractivity contribution in [3.63, 3.8) is 0 Å². The van der Waals surface area contributed by atoms with Crippen LogP contribution >= 0.6 is 22.7 Å². The maximum Gasteiger partial charge on any atom is 0.534 e. The molecule has 26 aromatic rings. The van der Waals surface area contributed by atoms with E-state index in [9.17, 15) is 21.6 Å². The fourth-order valence-corrected chi connectivity index (χ4v) is 22.0. The molecule has 19 heteroatoms. The van der Waals surface area contributed by atoms with Crippen molar-refractivity contribution in [1.82, 2.24) is 9.97 Å². The first-order chi connectivity index (χ1) is 69.8. The zero-order valence-corrected chi connectivity index (χ0v) is 78.2. The van der Waals surface area contributed by atoms with Gasteiger partial charge in [0.15, 0.2) is 16.9 Å². The van der Waals surface area contributed by atoms with E-state index in [-0.39, 0.29) is 5.58 Å². The number of anilines is 17. The van der Waals surface area contributed by atoms with E-state index in [0.29, 0.717) is 27.7 Å². The summed E-state index contributed by atoms with van der Waals surface area (Å²) in [4.78, 5) is 20.3. The lowest BCUT2D eigenvalue weighted by Crippen LogP contribution is -2.28. The van der Waals surface area contributed by atoms with Crippen molar-refractivity contribution >= 4 is 257 Å². The van der Waals surface area contributed by atoms with Gasteiger partial charge < -0.3 is 42.8 Å². The fraction of sp³-hybridized carbons (Fsp3) is 0.00813. The number of furan rings is 2. The van der Waals surface area contributed by atoms with E-state index in [1.54, 1.807) is 18.3 Å². The molecule has 0 spiro atoms. The first kappa shape index (κ1) is 86.9. The predicted molar refractivity (Wildman–Crippen MR) is 584 cm³/mol. The summed E-state index contributed by atoms with van der Waals surface area (Å²) in [6.07, 6.45) is 3.58. The number of halogens is 3. The fourth-order valence-electron chi connectivity index (χ4n) is 19.3. The van der Waals surface area contributed by atoms with Crippen LogP contribution in [-0.2, 0) is 10.1 Å². The first-order valence-electron chi connectivity index (χ1n) is 46.3. The van der Waals surface area contributed by atoms with E-state index in [2.05, 4.69) is 310 Å². The van der Waals surface area contributed by atoms with Gasteiger partial charge >= 0.3 is 15.6 Å². The Hall–Kier alpha value is -17.9. The van der Waals surface area contributed by atoms with Crippen molar-refractivity contribution in [2.45, 2.75) is 5.51 Å². The molecule has 0 aliphatic heterocycles. The van der Waals surface area contributed by atoms with E-state index in [1.165, 1.54) is 51.8 Å². The molecule has 0 atom stereocenters. The van der Waals surface area contributed by atoms with Crippen molar-refractivity contribution in [3.05, 3.63) is 486 Å². The Kier molecular flexibility index (Phi) is 22.6. The minimum absolute atomic E-state index is 0.167. The van der Waals surface area contributed by atoms with Crippen molar-refractivity contribution in [1.29, 1.82) is 0 Å². The standard InChI is InChI=1S/C61H40N4OS.C44H28F3N3O4S.C18H13NS/c1-4-19-43(20-5-1)63(46-30-29-42-18-15-37-62-53(42)38-46)47-32-34-52-57(39-47)66-61-56(64(44-21-6-2-7-22-44)48-31-33-51-50-26-12-13-28-58(50)67-59(51)40-48)36-35-55(60(52)61)65(45-23-8-3-9-24-45)54-27-14-17-41-16-10-11-25-49(41)54;45-44(46,47)55(51,52)54-40-25-24-39(50(32-16-5-2-6-17-32)38-19-9-12-29-11-7-8-18-35(29)38)42-36-23-22-34(28-41(36)53-43(40)42)49(31-14-3-1-4-15-31)33-21-20-30-13-10-26-48-37(30)27-33;1-2-6-13(7-3-1)19-14-10-11-16-15-8-4-5-9-17(15)20-18(16)12-14/h1-40H;1-28H;1-12,19H. The van der Waals surface area contributed by atoms with Crippen molar-refractivity contribution in [3.8, 4) is 5.75 Å². The number of alkyl halides is 3. The number of nitrogens with one attached hydrogen (secondary N) is 1. The number of benzene rings is 20. The van der Waals surface area contributed by atoms with Crippen LogP contribution in [0.4, 0.5) is 110 Å². The number of fused-ring (bicyclic) bond motifs is 16. The molecule has 682 valence electrons. The summed E-state index contributed by atoms with van der Waals surface area (Å²) in [6, 6.07) is 161. The van der Waals surface area contributed by atoms with Crippen LogP contribution in [0.3, 0.4) is 0 Å². The topological polar surface area (TPSA) is 124 Å². The van der Waals surface area contributed by atoms with Gasteiger partial charge in [-0.15, -0.1) is 22.7 Å². The quantitative estimate of drug-likeness (QED) is 0.0611. The molecular weight excluding hydrogens is 1820 g/mol. The Morgan fingerprint density at radius 1 is 0.261 bits per heavy atom. The maximum absolute atomic E-state index is 13.7. The molecule has 0 saturated heterocycles. The summed E-state index contributed by atoms with van der Waals surface area (Å²) >= 11 is 3.68. The molecule has 6 aromatic heterocycles. The highest BCUT2D eigenvalue weighted by Gasteiger charge is 2.49. The van der Waals surface area contributed by atoms with E-state index in [4.69, 9.17) is 18.0 Å². The normalized spacial score (nSPS) is 11.7. The summed E-state index contributed by atoms with van der Waals surface area (Å²) in [7, 11) is -6.05. The summed E-state index contributed by atoms with van der Waals surface area (Å²) < 4.78 is 89.8. The SMILES string of the molecule is O=S(=O)(Oc1ccc(N(c2ccccc2)c2cccc3ccccc23)c2c1oc1cc(N(c3ccccc3)c3ccc4cccnc4c3)ccc12)C(F)(F)F.c1ccc(N(c2ccc3cccnc3c2)c2ccc3c(c2)oc2c(N(c4ccccc4)c4ccc5c(c4)sc4ccccc45)ccc(N(c4ccccc4)c4cccc5ccccc45)c23)cc1.c1ccc(Nc2ccc3c(c2)sc2ccccc23)cc1. The number of aromatic nitrogens is 2. The second kappa shape index (κ2) is 36.9. The molecule has 0 amide bonds. The number of rotatable bonds is 19. The van der Waals surface area contributed by atoms with Crippen LogP contribution < -0.4 is 34.0 Å². The smallest absolute Gasteiger partial charge is 0.454 e.